The van der Waals surface area contributed by atoms with Crippen LogP contribution in [-0.2, 0) is 11.2 Å². The van der Waals surface area contributed by atoms with E-state index >= 15 is 0 Å². The zero-order valence-electron chi connectivity index (χ0n) is 18.2. The number of carbonyl (C=O) groups excluding carboxylic acids is 2. The van der Waals surface area contributed by atoms with Gasteiger partial charge in [-0.15, -0.1) is 0 Å². The number of hydrogen-bond acceptors (Lipinski definition) is 6. The van der Waals surface area contributed by atoms with Gasteiger partial charge in [0, 0.05) is 22.6 Å². The molecule has 0 unspecified atom stereocenters. The molecular weight excluding hydrogens is 418 g/mol. The summed E-state index contributed by atoms with van der Waals surface area (Å²) < 4.78 is 7.05. The predicted octanol–water partition coefficient (Wildman–Crippen LogP) is 4.01. The summed E-state index contributed by atoms with van der Waals surface area (Å²) in [5.41, 5.74) is 4.57. The lowest BCUT2D eigenvalue weighted by atomic mass is 10.1. The number of anilines is 1. The summed E-state index contributed by atoms with van der Waals surface area (Å²) in [6, 6.07) is 17.6. The van der Waals surface area contributed by atoms with E-state index in [1.54, 1.807) is 53.0 Å². The zero-order valence-corrected chi connectivity index (χ0v) is 18.2. The molecule has 0 radical (unpaired) electrons. The van der Waals surface area contributed by atoms with E-state index in [1.165, 1.54) is 6.20 Å². The molecular formula is C25H21N5O3. The average Bonchev–Trinajstić information content (AvgIpc) is 3.23. The van der Waals surface area contributed by atoms with E-state index in [4.69, 9.17) is 4.74 Å². The fraction of sp³-hybridized carbons (Fsp3) is 0.160. The van der Waals surface area contributed by atoms with E-state index < -0.39 is 0 Å². The van der Waals surface area contributed by atoms with Crippen LogP contribution in [0.2, 0.25) is 0 Å². The number of aryl methyl sites for hydroxylation is 2. The number of nitriles is 1. The van der Waals surface area contributed by atoms with Crippen molar-refractivity contribution < 1.29 is 14.3 Å². The minimum atomic E-state index is -0.381. The Morgan fingerprint density at radius 2 is 1.82 bits per heavy atom. The molecule has 2 aromatic carbocycles. The molecule has 0 aliphatic rings. The van der Waals surface area contributed by atoms with Gasteiger partial charge in [-0.25, -0.2) is 9.50 Å². The highest BCUT2D eigenvalue weighted by Crippen LogP contribution is 2.20. The van der Waals surface area contributed by atoms with E-state index in [0.29, 0.717) is 34.6 Å². The first-order chi connectivity index (χ1) is 16.0. The third kappa shape index (κ3) is 4.72. The third-order valence-corrected chi connectivity index (χ3v) is 5.29. The molecule has 8 heteroatoms. The van der Waals surface area contributed by atoms with E-state index in [1.807, 2.05) is 19.9 Å². The molecule has 1 N–H and O–H groups in total. The zero-order chi connectivity index (χ0) is 23.4. The molecule has 0 bridgehead atoms. The Morgan fingerprint density at radius 1 is 1.09 bits per heavy atom. The Bertz CT molecular complexity index is 1370. The van der Waals surface area contributed by atoms with Crippen molar-refractivity contribution in [1.29, 1.82) is 5.26 Å². The molecule has 0 saturated heterocycles. The van der Waals surface area contributed by atoms with Crippen molar-refractivity contribution in [3.8, 4) is 11.8 Å². The first-order valence-corrected chi connectivity index (χ1v) is 10.4. The maximum Gasteiger partial charge on any atom is 0.311 e. The van der Waals surface area contributed by atoms with E-state index in [-0.39, 0.29) is 18.3 Å². The normalized spacial score (nSPS) is 10.6. The predicted molar refractivity (Wildman–Crippen MR) is 122 cm³/mol. The van der Waals surface area contributed by atoms with Crippen LogP contribution in [0.1, 0.15) is 39.3 Å². The number of ether oxygens (including phenoxy) is 1. The Labute approximate surface area is 190 Å². The topological polar surface area (TPSA) is 109 Å². The standard InChI is InChI=1S/C25H21N5O3/c1-16-22(17(2)30-24(28-16)19(14-26)15-27-30)12-13-23(31)33-21-10-8-20(9-11-21)29-25(32)18-6-4-3-5-7-18/h3-11,15H,12-13H2,1-2H3,(H,29,32). The van der Waals surface area contributed by atoms with Crippen LogP contribution in [0.4, 0.5) is 5.69 Å². The van der Waals surface area contributed by atoms with Gasteiger partial charge < -0.3 is 10.1 Å². The first kappa shape index (κ1) is 21.7. The van der Waals surface area contributed by atoms with Crippen LogP contribution in [0.25, 0.3) is 5.65 Å². The van der Waals surface area contributed by atoms with Crippen molar-refractivity contribution in [3.63, 3.8) is 0 Å². The Kier molecular flexibility index (Phi) is 6.13. The molecule has 1 amide bonds. The highest BCUT2D eigenvalue weighted by Gasteiger charge is 2.15. The van der Waals surface area contributed by atoms with Crippen LogP contribution in [0.5, 0.6) is 5.75 Å². The molecule has 4 rings (SSSR count). The van der Waals surface area contributed by atoms with Gasteiger partial charge in [0.05, 0.1) is 12.6 Å². The number of rotatable bonds is 6. The second-order valence-corrected chi connectivity index (χ2v) is 7.49. The first-order valence-electron chi connectivity index (χ1n) is 10.4. The molecule has 2 aromatic heterocycles. The lowest BCUT2D eigenvalue weighted by Gasteiger charge is -2.11. The summed E-state index contributed by atoms with van der Waals surface area (Å²) in [7, 11) is 0. The maximum atomic E-state index is 12.4. The number of amides is 1. The summed E-state index contributed by atoms with van der Waals surface area (Å²) in [6.07, 6.45) is 2.08. The molecule has 164 valence electrons. The molecule has 0 fully saturated rings. The number of nitrogens with zero attached hydrogens (tertiary/aromatic N) is 4. The monoisotopic (exact) mass is 439 g/mol. The van der Waals surface area contributed by atoms with Gasteiger partial charge in [-0.3, -0.25) is 9.59 Å². The highest BCUT2D eigenvalue weighted by atomic mass is 16.5. The molecule has 0 saturated carbocycles. The molecule has 0 atom stereocenters. The molecule has 0 spiro atoms. The van der Waals surface area contributed by atoms with E-state index in [0.717, 1.165) is 17.0 Å². The average molecular weight is 439 g/mol. The maximum absolute atomic E-state index is 12.4. The lowest BCUT2D eigenvalue weighted by Crippen LogP contribution is -2.13. The summed E-state index contributed by atoms with van der Waals surface area (Å²) in [5.74, 6) is -0.200. The van der Waals surface area contributed by atoms with E-state index in [2.05, 4.69) is 21.5 Å². The van der Waals surface area contributed by atoms with Gasteiger partial charge >= 0.3 is 5.97 Å². The summed E-state index contributed by atoms with van der Waals surface area (Å²) in [4.78, 5) is 29.1. The fourth-order valence-electron chi connectivity index (χ4n) is 3.56. The Morgan fingerprint density at radius 3 is 2.52 bits per heavy atom. The minimum Gasteiger partial charge on any atom is -0.427 e. The number of esters is 1. The largest absolute Gasteiger partial charge is 0.427 e. The second kappa shape index (κ2) is 9.32. The number of carbonyl (C=O) groups is 2. The number of benzene rings is 2. The van der Waals surface area contributed by atoms with Gasteiger partial charge in [0.15, 0.2) is 5.65 Å². The van der Waals surface area contributed by atoms with Crippen LogP contribution in [0.3, 0.4) is 0 Å². The van der Waals surface area contributed by atoms with Gasteiger partial charge in [-0.05, 0) is 62.2 Å². The molecule has 33 heavy (non-hydrogen) atoms. The molecule has 2 heterocycles. The van der Waals surface area contributed by atoms with Gasteiger partial charge in [0.2, 0.25) is 0 Å². The lowest BCUT2D eigenvalue weighted by molar-refractivity contribution is -0.134. The number of fused-ring (bicyclic) bond motifs is 1. The minimum absolute atomic E-state index is 0.160. The van der Waals surface area contributed by atoms with Gasteiger partial charge in [0.25, 0.3) is 5.91 Å². The van der Waals surface area contributed by atoms with Crippen LogP contribution in [-0.4, -0.2) is 26.5 Å². The highest BCUT2D eigenvalue weighted by molar-refractivity contribution is 6.04. The van der Waals surface area contributed by atoms with Gasteiger partial charge in [-0.1, -0.05) is 18.2 Å². The quantitative estimate of drug-likeness (QED) is 0.359. The fourth-order valence-corrected chi connectivity index (χ4v) is 3.56. The summed E-state index contributed by atoms with van der Waals surface area (Å²) in [6.45, 7) is 3.74. The van der Waals surface area contributed by atoms with Crippen LogP contribution >= 0.6 is 0 Å². The van der Waals surface area contributed by atoms with Crippen LogP contribution in [0, 0.1) is 25.2 Å². The Balaban J connectivity index is 1.37. The molecule has 8 nitrogen and oxygen atoms in total. The van der Waals surface area contributed by atoms with Crippen molar-refractivity contribution in [3.05, 3.63) is 88.9 Å². The van der Waals surface area contributed by atoms with Crippen LogP contribution < -0.4 is 10.1 Å². The Hall–Kier alpha value is -4.51. The number of aromatic nitrogens is 3. The van der Waals surface area contributed by atoms with Crippen molar-refractivity contribution in [2.75, 3.05) is 5.32 Å². The van der Waals surface area contributed by atoms with Crippen LogP contribution in [0.15, 0.2) is 60.8 Å². The van der Waals surface area contributed by atoms with Crippen molar-refractivity contribution in [1.82, 2.24) is 14.6 Å². The van der Waals surface area contributed by atoms with E-state index in [9.17, 15) is 14.9 Å². The third-order valence-electron chi connectivity index (χ3n) is 5.29. The second-order valence-electron chi connectivity index (χ2n) is 7.49. The van der Waals surface area contributed by atoms with Crippen molar-refractivity contribution in [2.24, 2.45) is 0 Å². The van der Waals surface area contributed by atoms with Gasteiger partial charge in [0.1, 0.15) is 17.4 Å². The number of hydrogen-bond donors (Lipinski definition) is 1. The molecule has 0 aliphatic carbocycles. The summed E-state index contributed by atoms with van der Waals surface area (Å²) >= 11 is 0. The number of nitrogens with one attached hydrogen (secondary N) is 1. The molecule has 4 aromatic rings. The summed E-state index contributed by atoms with van der Waals surface area (Å²) in [5, 5.41) is 16.2. The SMILES string of the molecule is Cc1nc2c(C#N)cnn2c(C)c1CCC(=O)Oc1ccc(NC(=O)c2ccccc2)cc1. The molecule has 0 aliphatic heterocycles. The van der Waals surface area contributed by atoms with Gasteiger partial charge in [-0.2, -0.15) is 10.4 Å². The van der Waals surface area contributed by atoms with Crippen molar-refractivity contribution in [2.45, 2.75) is 26.7 Å². The van der Waals surface area contributed by atoms with Crippen molar-refractivity contribution >= 4 is 23.2 Å². The smallest absolute Gasteiger partial charge is 0.311 e.